The lowest BCUT2D eigenvalue weighted by atomic mass is 9.69. The van der Waals surface area contributed by atoms with Crippen LogP contribution in [-0.2, 0) is 10.2 Å². The third-order valence-corrected chi connectivity index (χ3v) is 5.45. The van der Waals surface area contributed by atoms with Crippen LogP contribution in [0.15, 0.2) is 60.7 Å². The van der Waals surface area contributed by atoms with Gasteiger partial charge in [0.15, 0.2) is 0 Å². The minimum atomic E-state index is -0.392. The van der Waals surface area contributed by atoms with Gasteiger partial charge < -0.3 is 9.64 Å². The number of para-hydroxylation sites is 1. The number of fused-ring (bicyclic) bond motifs is 6. The minimum Gasteiger partial charge on any atom is -0.492 e. The third-order valence-electron chi connectivity index (χ3n) is 5.45. The fourth-order valence-corrected chi connectivity index (χ4v) is 4.27. The molecule has 24 heavy (non-hydrogen) atoms. The topological polar surface area (TPSA) is 29.5 Å². The Morgan fingerprint density at radius 2 is 1.79 bits per heavy atom. The molecule has 5 rings (SSSR count). The van der Waals surface area contributed by atoms with Crippen LogP contribution in [0.1, 0.15) is 17.5 Å². The first-order valence-corrected chi connectivity index (χ1v) is 8.22. The zero-order valence-electron chi connectivity index (χ0n) is 13.5. The average Bonchev–Trinajstić information content (AvgIpc) is 3.00. The molecule has 0 aromatic heterocycles. The monoisotopic (exact) mass is 315 g/mol. The molecule has 0 N–H and O–H groups in total. The van der Waals surface area contributed by atoms with Crippen molar-refractivity contribution >= 4 is 22.4 Å². The van der Waals surface area contributed by atoms with Crippen LogP contribution in [0.3, 0.4) is 0 Å². The van der Waals surface area contributed by atoms with Crippen molar-refractivity contribution in [3.8, 4) is 5.75 Å². The highest BCUT2D eigenvalue weighted by Crippen LogP contribution is 2.53. The number of amides is 1. The van der Waals surface area contributed by atoms with Crippen molar-refractivity contribution in [1.82, 2.24) is 0 Å². The summed E-state index contributed by atoms with van der Waals surface area (Å²) in [7, 11) is 1.86. The van der Waals surface area contributed by atoms with Gasteiger partial charge in [0.05, 0.1) is 5.41 Å². The smallest absolute Gasteiger partial charge is 0.228 e. The van der Waals surface area contributed by atoms with E-state index >= 15 is 0 Å². The van der Waals surface area contributed by atoms with E-state index in [4.69, 9.17) is 4.74 Å². The van der Waals surface area contributed by atoms with Gasteiger partial charge in [-0.1, -0.05) is 48.5 Å². The number of rotatable bonds is 0. The lowest BCUT2D eigenvalue weighted by Crippen LogP contribution is -2.44. The van der Waals surface area contributed by atoms with E-state index in [1.165, 1.54) is 16.3 Å². The quantitative estimate of drug-likeness (QED) is 0.630. The molecule has 0 radical (unpaired) electrons. The Bertz CT molecular complexity index is 994. The summed E-state index contributed by atoms with van der Waals surface area (Å²) in [5.74, 6) is 1.04. The van der Waals surface area contributed by atoms with Crippen LogP contribution in [0.25, 0.3) is 10.8 Å². The van der Waals surface area contributed by atoms with Crippen molar-refractivity contribution in [2.45, 2.75) is 11.8 Å². The van der Waals surface area contributed by atoms with Gasteiger partial charge in [0.2, 0.25) is 5.91 Å². The van der Waals surface area contributed by atoms with Crippen LogP contribution in [-0.4, -0.2) is 19.6 Å². The number of nitrogens with zero attached hydrogens (tertiary/aromatic N) is 1. The highest BCUT2D eigenvalue weighted by Gasteiger charge is 2.49. The molecular weight excluding hydrogens is 298 g/mol. The van der Waals surface area contributed by atoms with Gasteiger partial charge in [0.1, 0.15) is 12.4 Å². The molecule has 0 saturated carbocycles. The summed E-state index contributed by atoms with van der Waals surface area (Å²) >= 11 is 0. The minimum absolute atomic E-state index is 0.137. The van der Waals surface area contributed by atoms with Gasteiger partial charge in [-0.3, -0.25) is 4.79 Å². The van der Waals surface area contributed by atoms with E-state index in [-0.39, 0.29) is 5.91 Å². The van der Waals surface area contributed by atoms with E-state index in [0.29, 0.717) is 13.0 Å². The number of anilines is 1. The van der Waals surface area contributed by atoms with Crippen molar-refractivity contribution in [1.29, 1.82) is 0 Å². The van der Waals surface area contributed by atoms with E-state index in [1.54, 1.807) is 4.90 Å². The van der Waals surface area contributed by atoms with Gasteiger partial charge in [-0.2, -0.15) is 0 Å². The lowest BCUT2D eigenvalue weighted by molar-refractivity contribution is -0.119. The third kappa shape index (κ3) is 1.59. The molecule has 3 aromatic rings. The van der Waals surface area contributed by atoms with E-state index in [1.807, 2.05) is 37.4 Å². The molecule has 0 saturated heterocycles. The SMILES string of the molecule is CN1C(=O)CC2(COc3ccc4ccccc4c32)c2ccccc21. The van der Waals surface area contributed by atoms with Gasteiger partial charge >= 0.3 is 0 Å². The Kier molecular flexibility index (Phi) is 2.61. The molecule has 1 amide bonds. The number of benzene rings is 3. The van der Waals surface area contributed by atoms with Crippen molar-refractivity contribution in [3.05, 3.63) is 71.8 Å². The summed E-state index contributed by atoms with van der Waals surface area (Å²) < 4.78 is 6.07. The fraction of sp³-hybridized carbons (Fsp3) is 0.190. The van der Waals surface area contributed by atoms with E-state index < -0.39 is 5.41 Å². The molecule has 0 bridgehead atoms. The zero-order valence-corrected chi connectivity index (χ0v) is 13.5. The Hall–Kier alpha value is -2.81. The highest BCUT2D eigenvalue weighted by atomic mass is 16.5. The molecular formula is C21H17NO2. The maximum Gasteiger partial charge on any atom is 0.228 e. The van der Waals surface area contributed by atoms with Crippen molar-refractivity contribution in [2.75, 3.05) is 18.6 Å². The largest absolute Gasteiger partial charge is 0.492 e. The molecule has 0 aliphatic carbocycles. The van der Waals surface area contributed by atoms with E-state index in [0.717, 1.165) is 17.0 Å². The standard InChI is InChI=1S/C21H17NO2/c1-22-17-9-5-4-8-16(17)21(12-19(22)23)13-24-18-11-10-14-6-2-3-7-15(14)20(18)21/h2-11H,12-13H2,1H3. The zero-order chi connectivity index (χ0) is 16.3. The summed E-state index contributed by atoms with van der Waals surface area (Å²) in [6.07, 6.45) is 0.446. The summed E-state index contributed by atoms with van der Waals surface area (Å²) in [5, 5.41) is 2.37. The fourth-order valence-electron chi connectivity index (χ4n) is 4.27. The normalized spacial score (nSPS) is 21.7. The van der Waals surface area contributed by atoms with Crippen LogP contribution in [0.5, 0.6) is 5.75 Å². The molecule has 2 aliphatic rings. The number of hydrogen-bond acceptors (Lipinski definition) is 2. The van der Waals surface area contributed by atoms with Crippen LogP contribution in [0.2, 0.25) is 0 Å². The highest BCUT2D eigenvalue weighted by molar-refractivity contribution is 6.00. The van der Waals surface area contributed by atoms with E-state index in [9.17, 15) is 4.79 Å². The Morgan fingerprint density at radius 1 is 1.00 bits per heavy atom. The van der Waals surface area contributed by atoms with Crippen LogP contribution in [0, 0.1) is 0 Å². The van der Waals surface area contributed by atoms with Crippen LogP contribution in [0.4, 0.5) is 5.69 Å². The molecule has 1 atom stereocenters. The van der Waals surface area contributed by atoms with Crippen LogP contribution < -0.4 is 9.64 Å². The van der Waals surface area contributed by atoms with Gasteiger partial charge in [0, 0.05) is 24.7 Å². The molecule has 1 unspecified atom stereocenters. The molecule has 3 nitrogen and oxygen atoms in total. The molecule has 3 heteroatoms. The predicted octanol–water partition coefficient (Wildman–Crippen LogP) is 3.88. The number of ether oxygens (including phenoxy) is 1. The average molecular weight is 315 g/mol. The molecule has 1 spiro atoms. The maximum atomic E-state index is 12.7. The van der Waals surface area contributed by atoms with Crippen molar-refractivity contribution in [3.63, 3.8) is 0 Å². The van der Waals surface area contributed by atoms with Crippen molar-refractivity contribution in [2.24, 2.45) is 0 Å². The van der Waals surface area contributed by atoms with Crippen LogP contribution >= 0.6 is 0 Å². The van der Waals surface area contributed by atoms with E-state index in [2.05, 4.69) is 30.3 Å². The molecule has 2 aliphatic heterocycles. The van der Waals surface area contributed by atoms with Gasteiger partial charge in [-0.15, -0.1) is 0 Å². The second kappa shape index (κ2) is 4.60. The number of hydrogen-bond donors (Lipinski definition) is 0. The summed E-state index contributed by atoms with van der Waals surface area (Å²) in [6.45, 7) is 0.521. The Labute approximate surface area is 140 Å². The first kappa shape index (κ1) is 13.6. The van der Waals surface area contributed by atoms with Gasteiger partial charge in [-0.05, 0) is 28.5 Å². The predicted molar refractivity (Wildman–Crippen MR) is 94.7 cm³/mol. The van der Waals surface area contributed by atoms with Gasteiger partial charge in [0.25, 0.3) is 0 Å². The molecule has 118 valence electrons. The first-order valence-electron chi connectivity index (χ1n) is 8.22. The molecule has 0 fully saturated rings. The molecule has 2 heterocycles. The summed E-state index contributed by atoms with van der Waals surface area (Å²) in [6, 6.07) is 20.7. The first-order chi connectivity index (χ1) is 11.7. The lowest BCUT2D eigenvalue weighted by Gasteiger charge is -2.38. The number of carbonyl (C=O) groups is 1. The second-order valence-corrected chi connectivity index (χ2v) is 6.68. The maximum absolute atomic E-state index is 12.7. The Morgan fingerprint density at radius 3 is 2.71 bits per heavy atom. The number of carbonyl (C=O) groups excluding carboxylic acids is 1. The summed E-state index contributed by atoms with van der Waals surface area (Å²) in [5.41, 5.74) is 2.94. The second-order valence-electron chi connectivity index (χ2n) is 6.68. The summed E-state index contributed by atoms with van der Waals surface area (Å²) in [4.78, 5) is 14.5. The Balaban J connectivity index is 1.88. The van der Waals surface area contributed by atoms with Crippen molar-refractivity contribution < 1.29 is 9.53 Å². The molecule has 3 aromatic carbocycles. The van der Waals surface area contributed by atoms with Gasteiger partial charge in [-0.25, -0.2) is 0 Å².